The summed E-state index contributed by atoms with van der Waals surface area (Å²) < 4.78 is 5.83. The highest BCUT2D eigenvalue weighted by molar-refractivity contribution is 5.80. The molecule has 0 aliphatic rings. The lowest BCUT2D eigenvalue weighted by Crippen LogP contribution is -2.28. The average Bonchev–Trinajstić information content (AvgIpc) is 3.05. The number of carboxylic acid groups (broad SMARTS) is 1. The van der Waals surface area contributed by atoms with E-state index < -0.39 is 5.97 Å². The first-order valence-electron chi connectivity index (χ1n) is 18.2. The molecule has 1 atom stereocenters. The third-order valence-electron chi connectivity index (χ3n) is 7.29. The molecule has 0 bridgehead atoms. The molecule has 0 saturated heterocycles. The molecule has 0 aliphatic heterocycles. The molecular formula is C41H65NO5. The van der Waals surface area contributed by atoms with Crippen molar-refractivity contribution < 1.29 is 24.2 Å². The summed E-state index contributed by atoms with van der Waals surface area (Å²) >= 11 is 0. The van der Waals surface area contributed by atoms with Crippen LogP contribution in [0.4, 0.5) is 0 Å². The molecule has 0 aromatic heterocycles. The van der Waals surface area contributed by atoms with Crippen LogP contribution in [0.2, 0.25) is 0 Å². The number of hydrogen-bond donors (Lipinski definition) is 2. The summed E-state index contributed by atoms with van der Waals surface area (Å²) in [5, 5.41) is 11.0. The van der Waals surface area contributed by atoms with Crippen LogP contribution in [-0.4, -0.2) is 35.6 Å². The van der Waals surface area contributed by atoms with Gasteiger partial charge in [-0.05, 0) is 89.5 Å². The fraction of sp³-hybridized carbons (Fsp3) is 0.585. The molecule has 0 spiro atoms. The summed E-state index contributed by atoms with van der Waals surface area (Å²) in [6.45, 7) is 4.00. The van der Waals surface area contributed by atoms with Crippen LogP contribution in [0.15, 0.2) is 85.1 Å². The highest BCUT2D eigenvalue weighted by Crippen LogP contribution is 2.14. The van der Waals surface area contributed by atoms with Crippen molar-refractivity contribution >= 4 is 17.8 Å². The van der Waals surface area contributed by atoms with Gasteiger partial charge in [-0.3, -0.25) is 14.4 Å². The number of aliphatic carboxylic acids is 1. The predicted octanol–water partition coefficient (Wildman–Crippen LogP) is 10.8. The quantitative estimate of drug-likeness (QED) is 0.0442. The molecule has 264 valence electrons. The first-order valence-corrected chi connectivity index (χ1v) is 18.2. The van der Waals surface area contributed by atoms with E-state index in [0.29, 0.717) is 19.3 Å². The third kappa shape index (κ3) is 35.3. The zero-order valence-corrected chi connectivity index (χ0v) is 29.6. The van der Waals surface area contributed by atoms with Gasteiger partial charge in [-0.2, -0.15) is 0 Å². The van der Waals surface area contributed by atoms with Gasteiger partial charge in [0.25, 0.3) is 0 Å². The van der Waals surface area contributed by atoms with Gasteiger partial charge in [0.2, 0.25) is 5.91 Å². The van der Waals surface area contributed by atoms with Gasteiger partial charge in [-0.25, -0.2) is 0 Å². The van der Waals surface area contributed by atoms with E-state index in [9.17, 15) is 14.4 Å². The number of nitrogens with one attached hydrogen (secondary N) is 1. The van der Waals surface area contributed by atoms with Gasteiger partial charge < -0.3 is 15.2 Å². The van der Waals surface area contributed by atoms with Crippen LogP contribution in [0.25, 0.3) is 0 Å². The van der Waals surface area contributed by atoms with Crippen LogP contribution in [0.1, 0.15) is 142 Å². The van der Waals surface area contributed by atoms with Crippen molar-refractivity contribution in [2.45, 2.75) is 148 Å². The van der Waals surface area contributed by atoms with Crippen molar-refractivity contribution in [2.24, 2.45) is 0 Å². The maximum absolute atomic E-state index is 12.6. The molecule has 0 radical (unpaired) electrons. The minimum atomic E-state index is -1.04. The maximum atomic E-state index is 12.6. The minimum absolute atomic E-state index is 0.136. The molecule has 1 unspecified atom stereocenters. The summed E-state index contributed by atoms with van der Waals surface area (Å²) in [7, 11) is 0. The van der Waals surface area contributed by atoms with Gasteiger partial charge in [0, 0.05) is 12.8 Å². The lowest BCUT2D eigenvalue weighted by atomic mass is 10.1. The number of esters is 1. The number of unbranched alkanes of at least 4 members (excludes halogenated alkanes) is 8. The Hall–Kier alpha value is -3.41. The highest BCUT2D eigenvalue weighted by atomic mass is 16.5. The summed E-state index contributed by atoms with van der Waals surface area (Å²) in [6, 6.07) is 0. The summed E-state index contributed by atoms with van der Waals surface area (Å²) in [4.78, 5) is 34.8. The predicted molar refractivity (Wildman–Crippen MR) is 198 cm³/mol. The number of hydrogen-bond acceptors (Lipinski definition) is 4. The van der Waals surface area contributed by atoms with Gasteiger partial charge >= 0.3 is 11.9 Å². The van der Waals surface area contributed by atoms with E-state index in [1.165, 1.54) is 12.8 Å². The Morgan fingerprint density at radius 3 is 1.70 bits per heavy atom. The lowest BCUT2D eigenvalue weighted by molar-refractivity contribution is -0.147. The Kier molecular flexibility index (Phi) is 32.9. The van der Waals surface area contributed by atoms with Crippen molar-refractivity contribution in [3.8, 4) is 0 Å². The number of ether oxygens (including phenoxy) is 1. The van der Waals surface area contributed by atoms with Gasteiger partial charge in [0.1, 0.15) is 12.6 Å². The van der Waals surface area contributed by atoms with E-state index in [1.807, 2.05) is 6.08 Å². The summed E-state index contributed by atoms with van der Waals surface area (Å²) in [5.41, 5.74) is 0. The largest absolute Gasteiger partial charge is 0.480 e. The zero-order valence-electron chi connectivity index (χ0n) is 29.6. The monoisotopic (exact) mass is 651 g/mol. The fourth-order valence-corrected chi connectivity index (χ4v) is 4.59. The van der Waals surface area contributed by atoms with Crippen LogP contribution >= 0.6 is 0 Å². The molecule has 0 aromatic rings. The van der Waals surface area contributed by atoms with Gasteiger partial charge in [0.15, 0.2) is 0 Å². The molecule has 0 saturated carbocycles. The van der Waals surface area contributed by atoms with Crippen molar-refractivity contribution in [2.75, 3.05) is 6.54 Å². The molecule has 0 rings (SSSR count). The van der Waals surface area contributed by atoms with Crippen molar-refractivity contribution in [3.05, 3.63) is 85.1 Å². The fourth-order valence-electron chi connectivity index (χ4n) is 4.59. The number of allylic oxidation sites excluding steroid dienone is 13. The van der Waals surface area contributed by atoms with Gasteiger partial charge in [-0.15, -0.1) is 0 Å². The molecule has 0 aromatic carbocycles. The summed E-state index contributed by atoms with van der Waals surface area (Å²) in [5.74, 6) is -1.40. The van der Waals surface area contributed by atoms with Crippen molar-refractivity contribution in [3.63, 3.8) is 0 Å². The number of carbonyl (C=O) groups excluding carboxylic acids is 2. The smallest absolute Gasteiger partial charge is 0.322 e. The summed E-state index contributed by atoms with van der Waals surface area (Å²) in [6.07, 6.45) is 48.6. The third-order valence-corrected chi connectivity index (χ3v) is 7.29. The average molecular weight is 652 g/mol. The van der Waals surface area contributed by atoms with E-state index in [1.54, 1.807) is 0 Å². The number of carbonyl (C=O) groups is 3. The molecule has 6 heteroatoms. The van der Waals surface area contributed by atoms with Gasteiger partial charge in [0.05, 0.1) is 0 Å². The number of carboxylic acids is 1. The maximum Gasteiger partial charge on any atom is 0.322 e. The second kappa shape index (κ2) is 35.4. The normalized spacial score (nSPS) is 13.1. The second-order valence-electron chi connectivity index (χ2n) is 11.7. The zero-order chi connectivity index (χ0) is 34.5. The molecular weight excluding hydrogens is 586 g/mol. The Morgan fingerprint density at radius 2 is 1.11 bits per heavy atom. The molecule has 0 heterocycles. The van der Waals surface area contributed by atoms with E-state index in [4.69, 9.17) is 9.84 Å². The Bertz CT molecular complexity index is 986. The van der Waals surface area contributed by atoms with E-state index in [0.717, 1.165) is 96.3 Å². The molecule has 6 nitrogen and oxygen atoms in total. The topological polar surface area (TPSA) is 92.7 Å². The molecule has 0 aliphatic carbocycles. The molecule has 47 heavy (non-hydrogen) atoms. The van der Waals surface area contributed by atoms with E-state index >= 15 is 0 Å². The first-order chi connectivity index (χ1) is 23.0. The molecule has 0 fully saturated rings. The van der Waals surface area contributed by atoms with Crippen LogP contribution in [-0.2, 0) is 19.1 Å². The Balaban J connectivity index is 4.21. The van der Waals surface area contributed by atoms with E-state index in [2.05, 4.69) is 98.2 Å². The standard InChI is InChI=1S/C41H65NO5/c1-3-5-7-9-11-12-13-14-15-16-17-18-19-20-21-22-24-26-32-36-41(46)47-38(33-29-25-23-10-8-6-4-2)34-30-27-28-31-35-39(43)42-37-40(44)45/h5,7,10-12,14-15,17-18,20-21,23,29,33,38H,3-4,6,8-9,13,16,19,22,24-28,30-32,34-37H2,1-2H3,(H,42,43)(H,44,45)/b7-5-,12-11-,15-14-,18-17-,21-20-,23-10-,33-29-. The molecule has 1 amide bonds. The van der Waals surface area contributed by atoms with Crippen molar-refractivity contribution in [1.29, 1.82) is 0 Å². The Labute approximate surface area is 286 Å². The van der Waals surface area contributed by atoms with E-state index in [-0.39, 0.29) is 24.5 Å². The van der Waals surface area contributed by atoms with Crippen LogP contribution in [0, 0.1) is 0 Å². The first kappa shape index (κ1) is 43.6. The SMILES string of the molecule is CC/C=C\C/C=C\C/C=C\C/C=C\C/C=C\CCCCCC(=O)OC(/C=C\C/C=C\CCCC)CCCCCCC(=O)NCC(=O)O. The van der Waals surface area contributed by atoms with Crippen LogP contribution < -0.4 is 5.32 Å². The number of rotatable bonds is 31. The lowest BCUT2D eigenvalue weighted by Gasteiger charge is -2.14. The highest BCUT2D eigenvalue weighted by Gasteiger charge is 2.11. The van der Waals surface area contributed by atoms with Gasteiger partial charge in [-0.1, -0.05) is 125 Å². The van der Waals surface area contributed by atoms with Crippen molar-refractivity contribution in [1.82, 2.24) is 5.32 Å². The van der Waals surface area contributed by atoms with Crippen LogP contribution in [0.5, 0.6) is 0 Å². The Morgan fingerprint density at radius 1 is 0.596 bits per heavy atom. The second-order valence-corrected chi connectivity index (χ2v) is 11.7. The minimum Gasteiger partial charge on any atom is -0.480 e. The van der Waals surface area contributed by atoms with Crippen LogP contribution in [0.3, 0.4) is 0 Å². The number of amides is 1. The molecule has 2 N–H and O–H groups in total.